The van der Waals surface area contributed by atoms with Crippen LogP contribution in [0, 0.1) is 5.92 Å². The lowest BCUT2D eigenvalue weighted by molar-refractivity contribution is -0.142. The maximum absolute atomic E-state index is 13.1. The molecule has 0 aromatic heterocycles. The van der Waals surface area contributed by atoms with Crippen molar-refractivity contribution in [3.8, 4) is 5.75 Å². The van der Waals surface area contributed by atoms with Crippen molar-refractivity contribution in [2.45, 2.75) is 25.9 Å². The van der Waals surface area contributed by atoms with Gasteiger partial charge in [-0.05, 0) is 24.5 Å². The number of aliphatic carboxylic acids is 1. The van der Waals surface area contributed by atoms with Crippen molar-refractivity contribution >= 4 is 11.9 Å². The molecule has 1 aliphatic rings. The summed E-state index contributed by atoms with van der Waals surface area (Å²) in [5.41, 5.74) is 1.80. The second-order valence-electron chi connectivity index (χ2n) is 6.48. The number of carboxylic acid groups (broad SMARTS) is 1. The third-order valence-electron chi connectivity index (χ3n) is 4.77. The molecular formula is C21H23NO4. The lowest BCUT2D eigenvalue weighted by Crippen LogP contribution is -2.36. The molecule has 1 saturated heterocycles. The van der Waals surface area contributed by atoms with Crippen molar-refractivity contribution < 1.29 is 19.4 Å². The van der Waals surface area contributed by atoms with E-state index in [4.69, 9.17) is 4.74 Å². The summed E-state index contributed by atoms with van der Waals surface area (Å²) in [4.78, 5) is 25.9. The van der Waals surface area contributed by atoms with E-state index in [1.165, 1.54) is 0 Å². The first-order valence-corrected chi connectivity index (χ1v) is 8.91. The van der Waals surface area contributed by atoms with E-state index >= 15 is 0 Å². The molecule has 1 N–H and O–H groups in total. The summed E-state index contributed by atoms with van der Waals surface area (Å²) < 4.78 is 6.15. The third-order valence-corrected chi connectivity index (χ3v) is 4.77. The maximum atomic E-state index is 13.1. The largest absolute Gasteiger partial charge is 0.481 e. The van der Waals surface area contributed by atoms with Crippen LogP contribution in [0.5, 0.6) is 5.75 Å². The lowest BCUT2D eigenvalue weighted by atomic mass is 10.1. The van der Waals surface area contributed by atoms with Gasteiger partial charge in [0.1, 0.15) is 5.75 Å². The first-order valence-electron chi connectivity index (χ1n) is 8.91. The molecule has 1 amide bonds. The molecule has 136 valence electrons. The Hall–Kier alpha value is -2.82. The number of amides is 1. The molecule has 2 unspecified atom stereocenters. The van der Waals surface area contributed by atoms with Crippen LogP contribution in [0.15, 0.2) is 54.6 Å². The summed E-state index contributed by atoms with van der Waals surface area (Å²) in [5.74, 6) is -0.857. The van der Waals surface area contributed by atoms with Gasteiger partial charge in [0.2, 0.25) is 6.10 Å². The van der Waals surface area contributed by atoms with E-state index in [-0.39, 0.29) is 12.5 Å². The minimum atomic E-state index is -0.853. The van der Waals surface area contributed by atoms with Crippen molar-refractivity contribution in [3.05, 3.63) is 65.7 Å². The van der Waals surface area contributed by atoms with E-state index in [0.717, 1.165) is 17.5 Å². The summed E-state index contributed by atoms with van der Waals surface area (Å²) in [5, 5.41) is 9.20. The summed E-state index contributed by atoms with van der Waals surface area (Å²) in [6, 6.07) is 17.0. The number of carbonyl (C=O) groups is 2. The molecule has 2 aromatic rings. The van der Waals surface area contributed by atoms with Crippen LogP contribution in [0.3, 0.4) is 0 Å². The average molecular weight is 353 g/mol. The first kappa shape index (κ1) is 18.0. The normalized spacial score (nSPS) is 17.7. The molecule has 2 aromatic carbocycles. The van der Waals surface area contributed by atoms with Crippen LogP contribution in [-0.2, 0) is 16.0 Å². The number of nitrogens with zero attached hydrogens (tertiary/aromatic N) is 1. The van der Waals surface area contributed by atoms with E-state index in [9.17, 15) is 14.7 Å². The number of aryl methyl sites for hydroxylation is 1. The smallest absolute Gasteiger partial charge is 0.308 e. The van der Waals surface area contributed by atoms with Crippen molar-refractivity contribution in [2.75, 3.05) is 13.1 Å². The van der Waals surface area contributed by atoms with Crippen LogP contribution in [0.25, 0.3) is 0 Å². The predicted octanol–water partition coefficient (Wildman–Crippen LogP) is 3.30. The Morgan fingerprint density at radius 3 is 2.50 bits per heavy atom. The standard InChI is InChI=1S/C21H23NO4/c1-2-15-8-6-7-11-18(15)26-19(16-9-4-3-5-10-16)20(23)22-13-12-17(14-22)21(24)25/h3-11,17,19H,2,12-14H2,1H3,(H,24,25). The minimum Gasteiger partial charge on any atom is -0.481 e. The molecule has 2 atom stereocenters. The highest BCUT2D eigenvalue weighted by atomic mass is 16.5. The Morgan fingerprint density at radius 2 is 1.85 bits per heavy atom. The van der Waals surface area contributed by atoms with Gasteiger partial charge < -0.3 is 14.7 Å². The van der Waals surface area contributed by atoms with Crippen LogP contribution in [0.2, 0.25) is 0 Å². The van der Waals surface area contributed by atoms with Crippen molar-refractivity contribution in [1.82, 2.24) is 4.90 Å². The van der Waals surface area contributed by atoms with Gasteiger partial charge in [0.15, 0.2) is 0 Å². The molecule has 1 heterocycles. The fourth-order valence-corrected chi connectivity index (χ4v) is 3.25. The fraction of sp³-hybridized carbons (Fsp3) is 0.333. The number of rotatable bonds is 6. The highest BCUT2D eigenvalue weighted by molar-refractivity contribution is 5.84. The number of likely N-dealkylation sites (tertiary alicyclic amines) is 1. The van der Waals surface area contributed by atoms with E-state index in [0.29, 0.717) is 18.7 Å². The number of hydrogen-bond donors (Lipinski definition) is 1. The van der Waals surface area contributed by atoms with E-state index in [1.807, 2.05) is 61.5 Å². The Bertz CT molecular complexity index is 775. The number of hydrogen-bond acceptors (Lipinski definition) is 3. The Balaban J connectivity index is 1.87. The van der Waals surface area contributed by atoms with Gasteiger partial charge in [-0.1, -0.05) is 55.5 Å². The van der Waals surface area contributed by atoms with E-state index in [1.54, 1.807) is 4.90 Å². The molecule has 26 heavy (non-hydrogen) atoms. The molecular weight excluding hydrogens is 330 g/mol. The molecule has 5 nitrogen and oxygen atoms in total. The zero-order valence-corrected chi connectivity index (χ0v) is 14.8. The summed E-state index contributed by atoms with van der Waals surface area (Å²) in [7, 11) is 0. The molecule has 0 spiro atoms. The highest BCUT2D eigenvalue weighted by Gasteiger charge is 2.35. The average Bonchev–Trinajstić information content (AvgIpc) is 3.17. The molecule has 0 bridgehead atoms. The van der Waals surface area contributed by atoms with Gasteiger partial charge >= 0.3 is 5.97 Å². The topological polar surface area (TPSA) is 66.8 Å². The van der Waals surface area contributed by atoms with Gasteiger partial charge in [-0.2, -0.15) is 0 Å². The van der Waals surface area contributed by atoms with Crippen LogP contribution < -0.4 is 4.74 Å². The van der Waals surface area contributed by atoms with Crippen molar-refractivity contribution in [1.29, 1.82) is 0 Å². The number of benzene rings is 2. The molecule has 1 fully saturated rings. The Morgan fingerprint density at radius 1 is 1.15 bits per heavy atom. The first-order chi connectivity index (χ1) is 12.6. The van der Waals surface area contributed by atoms with Crippen LogP contribution >= 0.6 is 0 Å². The van der Waals surface area contributed by atoms with Crippen LogP contribution in [0.4, 0.5) is 0 Å². The van der Waals surface area contributed by atoms with Gasteiger partial charge in [0, 0.05) is 18.7 Å². The Labute approximate surface area is 153 Å². The highest BCUT2D eigenvalue weighted by Crippen LogP contribution is 2.29. The van der Waals surface area contributed by atoms with Gasteiger partial charge in [0.25, 0.3) is 5.91 Å². The fourth-order valence-electron chi connectivity index (χ4n) is 3.25. The van der Waals surface area contributed by atoms with Gasteiger partial charge in [-0.15, -0.1) is 0 Å². The number of para-hydroxylation sites is 1. The zero-order chi connectivity index (χ0) is 18.5. The van der Waals surface area contributed by atoms with Crippen molar-refractivity contribution in [3.63, 3.8) is 0 Å². The summed E-state index contributed by atoms with van der Waals surface area (Å²) in [6.07, 6.45) is 0.501. The van der Waals surface area contributed by atoms with Crippen LogP contribution in [0.1, 0.15) is 30.6 Å². The molecule has 0 aliphatic carbocycles. The number of ether oxygens (including phenoxy) is 1. The van der Waals surface area contributed by atoms with Gasteiger partial charge in [-0.25, -0.2) is 0 Å². The predicted molar refractivity (Wildman–Crippen MR) is 98.0 cm³/mol. The van der Waals surface area contributed by atoms with E-state index in [2.05, 4.69) is 0 Å². The monoisotopic (exact) mass is 353 g/mol. The molecule has 0 saturated carbocycles. The minimum absolute atomic E-state index is 0.189. The third kappa shape index (κ3) is 3.87. The Kier molecular flexibility index (Phi) is 5.56. The number of carboxylic acids is 1. The zero-order valence-electron chi connectivity index (χ0n) is 14.8. The van der Waals surface area contributed by atoms with Crippen LogP contribution in [-0.4, -0.2) is 35.0 Å². The second-order valence-corrected chi connectivity index (χ2v) is 6.48. The lowest BCUT2D eigenvalue weighted by Gasteiger charge is -2.25. The van der Waals surface area contributed by atoms with Crippen molar-refractivity contribution in [2.24, 2.45) is 5.92 Å². The second kappa shape index (κ2) is 8.04. The molecule has 3 rings (SSSR count). The van der Waals surface area contributed by atoms with E-state index < -0.39 is 18.0 Å². The molecule has 5 heteroatoms. The van der Waals surface area contributed by atoms with Gasteiger partial charge in [-0.3, -0.25) is 9.59 Å². The molecule has 1 aliphatic heterocycles. The quantitative estimate of drug-likeness (QED) is 0.865. The summed E-state index contributed by atoms with van der Waals surface area (Å²) in [6.45, 7) is 2.72. The molecule has 0 radical (unpaired) electrons. The van der Waals surface area contributed by atoms with Gasteiger partial charge in [0.05, 0.1) is 5.92 Å². The SMILES string of the molecule is CCc1ccccc1OC(C(=O)N1CCC(C(=O)O)C1)c1ccccc1. The number of carbonyl (C=O) groups excluding carboxylic acids is 1. The summed E-state index contributed by atoms with van der Waals surface area (Å²) >= 11 is 0. The maximum Gasteiger partial charge on any atom is 0.308 e.